The fraction of sp³-hybridized carbons (Fsp3) is 0.474. The van der Waals surface area contributed by atoms with Gasteiger partial charge in [-0.15, -0.1) is 0 Å². The van der Waals surface area contributed by atoms with Crippen LogP contribution in [0, 0.1) is 0 Å². The summed E-state index contributed by atoms with van der Waals surface area (Å²) in [6.45, 7) is 6.41. The maximum atomic E-state index is 12.9. The maximum Gasteiger partial charge on any atom is 0.289 e. The largest absolute Gasteiger partial charge is 0.358 e. The Labute approximate surface area is 155 Å². The molecule has 0 aliphatic heterocycles. The van der Waals surface area contributed by atoms with Crippen molar-refractivity contribution >= 4 is 33.5 Å². The van der Waals surface area contributed by atoms with Gasteiger partial charge in [0.15, 0.2) is 0 Å². The van der Waals surface area contributed by atoms with E-state index in [2.05, 4.69) is 43.0 Å². The zero-order chi connectivity index (χ0) is 17.4. The van der Waals surface area contributed by atoms with Crippen LogP contribution in [0.25, 0.3) is 0 Å². The van der Waals surface area contributed by atoms with E-state index in [-0.39, 0.29) is 11.3 Å². The number of amides is 1. The van der Waals surface area contributed by atoms with Gasteiger partial charge in [0.25, 0.3) is 5.24 Å². The van der Waals surface area contributed by atoms with Gasteiger partial charge in [-0.3, -0.25) is 4.79 Å². The number of thiocarbonyl (C=S) groups is 1. The quantitative estimate of drug-likeness (QED) is 0.538. The van der Waals surface area contributed by atoms with E-state index in [0.29, 0.717) is 10.9 Å². The number of rotatable bonds is 5. The van der Waals surface area contributed by atoms with E-state index < -0.39 is 0 Å². The molecule has 0 spiro atoms. The van der Waals surface area contributed by atoms with Crippen LogP contribution < -0.4 is 0 Å². The van der Waals surface area contributed by atoms with Gasteiger partial charge in [0, 0.05) is 31.4 Å². The Morgan fingerprint density at radius 2 is 1.96 bits per heavy atom. The molecular formula is C19H26N2OS2. The summed E-state index contributed by atoms with van der Waals surface area (Å²) in [6, 6.07) is 10.3. The Hall–Kier alpha value is -1.33. The lowest BCUT2D eigenvalue weighted by Gasteiger charge is -2.32. The van der Waals surface area contributed by atoms with Crippen LogP contribution in [0.4, 0.5) is 4.79 Å². The molecule has 1 aliphatic carbocycles. The van der Waals surface area contributed by atoms with Gasteiger partial charge in [0.05, 0.1) is 6.04 Å². The van der Waals surface area contributed by atoms with Crippen LogP contribution >= 0.6 is 24.0 Å². The first kappa shape index (κ1) is 19.0. The number of carbonyl (C=O) groups is 1. The molecule has 2 rings (SSSR count). The van der Waals surface area contributed by atoms with Gasteiger partial charge in [-0.1, -0.05) is 54.7 Å². The smallest absolute Gasteiger partial charge is 0.289 e. The van der Waals surface area contributed by atoms with Crippen molar-refractivity contribution in [1.29, 1.82) is 0 Å². The Morgan fingerprint density at radius 3 is 2.54 bits per heavy atom. The minimum atomic E-state index is 0.0484. The number of allylic oxidation sites excluding steroid dienone is 1. The lowest BCUT2D eigenvalue weighted by Crippen LogP contribution is -2.39. The second-order valence-corrected chi connectivity index (χ2v) is 7.43. The van der Waals surface area contributed by atoms with Gasteiger partial charge in [0.1, 0.15) is 4.32 Å². The molecule has 130 valence electrons. The van der Waals surface area contributed by atoms with E-state index in [1.807, 2.05) is 23.1 Å². The molecule has 0 saturated carbocycles. The maximum absolute atomic E-state index is 12.9. The first-order valence-corrected chi connectivity index (χ1v) is 9.86. The number of hydrogen-bond donors (Lipinski definition) is 0. The average molecular weight is 363 g/mol. The van der Waals surface area contributed by atoms with Crippen LogP contribution in [0.2, 0.25) is 0 Å². The van der Waals surface area contributed by atoms with Crippen LogP contribution in [0.5, 0.6) is 0 Å². The molecule has 24 heavy (non-hydrogen) atoms. The molecule has 1 aromatic carbocycles. The first-order chi connectivity index (χ1) is 11.7. The molecule has 3 nitrogen and oxygen atoms in total. The van der Waals surface area contributed by atoms with Gasteiger partial charge in [-0.25, -0.2) is 0 Å². The van der Waals surface area contributed by atoms with Crippen molar-refractivity contribution in [3.63, 3.8) is 0 Å². The molecule has 0 radical (unpaired) electrons. The molecule has 1 aliphatic rings. The number of nitrogens with zero attached hydrogens (tertiary/aromatic N) is 2. The second kappa shape index (κ2) is 9.84. The van der Waals surface area contributed by atoms with Crippen LogP contribution in [0.15, 0.2) is 42.5 Å². The van der Waals surface area contributed by atoms with Crippen LogP contribution in [-0.2, 0) is 6.54 Å². The lowest BCUT2D eigenvalue weighted by atomic mass is 10.0. The highest BCUT2D eigenvalue weighted by molar-refractivity contribution is 8.32. The Balaban J connectivity index is 2.12. The van der Waals surface area contributed by atoms with E-state index in [4.69, 9.17) is 12.2 Å². The molecule has 0 N–H and O–H groups in total. The fourth-order valence-electron chi connectivity index (χ4n) is 2.83. The molecule has 1 unspecified atom stereocenters. The molecule has 0 fully saturated rings. The van der Waals surface area contributed by atoms with Crippen LogP contribution in [0.1, 0.15) is 38.7 Å². The summed E-state index contributed by atoms with van der Waals surface area (Å²) in [7, 11) is 0. The molecule has 1 aromatic rings. The highest BCUT2D eigenvalue weighted by Crippen LogP contribution is 2.24. The average Bonchev–Trinajstić information content (AvgIpc) is 2.62. The van der Waals surface area contributed by atoms with Gasteiger partial charge in [0.2, 0.25) is 0 Å². The third kappa shape index (κ3) is 5.35. The highest BCUT2D eigenvalue weighted by Gasteiger charge is 2.25. The van der Waals surface area contributed by atoms with E-state index in [1.54, 1.807) is 0 Å². The molecule has 0 heterocycles. The van der Waals surface area contributed by atoms with Gasteiger partial charge < -0.3 is 9.80 Å². The molecule has 1 atom stereocenters. The van der Waals surface area contributed by atoms with Crippen molar-refractivity contribution in [3.8, 4) is 0 Å². The number of benzene rings is 1. The topological polar surface area (TPSA) is 23.6 Å². The van der Waals surface area contributed by atoms with Crippen molar-refractivity contribution in [2.75, 3.05) is 13.1 Å². The summed E-state index contributed by atoms with van der Waals surface area (Å²) in [5.41, 5.74) is 1.15. The normalized spacial score (nSPS) is 16.7. The summed E-state index contributed by atoms with van der Waals surface area (Å²) in [6.07, 6.45) is 7.62. The third-order valence-electron chi connectivity index (χ3n) is 4.26. The second-order valence-electron chi connectivity index (χ2n) is 5.85. The highest BCUT2D eigenvalue weighted by atomic mass is 32.2. The molecule has 0 bridgehead atoms. The molecule has 1 amide bonds. The Bertz CT molecular complexity index is 570. The summed E-state index contributed by atoms with van der Waals surface area (Å²) >= 11 is 6.65. The van der Waals surface area contributed by atoms with Crippen molar-refractivity contribution in [2.45, 2.75) is 45.7 Å². The van der Waals surface area contributed by atoms with E-state index in [0.717, 1.165) is 37.9 Å². The van der Waals surface area contributed by atoms with E-state index in [1.165, 1.54) is 11.8 Å². The monoisotopic (exact) mass is 362 g/mol. The first-order valence-electron chi connectivity index (χ1n) is 8.63. The van der Waals surface area contributed by atoms with Gasteiger partial charge >= 0.3 is 0 Å². The lowest BCUT2D eigenvalue weighted by molar-refractivity contribution is 0.202. The molecular weight excluding hydrogens is 336 g/mol. The molecule has 5 heteroatoms. The number of thioether (sulfide) groups is 1. The molecule has 0 saturated heterocycles. The predicted molar refractivity (Wildman–Crippen MR) is 107 cm³/mol. The summed E-state index contributed by atoms with van der Waals surface area (Å²) in [5, 5.41) is 0.0484. The summed E-state index contributed by atoms with van der Waals surface area (Å²) < 4.78 is 0.669. The molecule has 0 aromatic heterocycles. The zero-order valence-electron chi connectivity index (χ0n) is 14.5. The Morgan fingerprint density at radius 1 is 1.25 bits per heavy atom. The van der Waals surface area contributed by atoms with Crippen LogP contribution in [0.3, 0.4) is 0 Å². The van der Waals surface area contributed by atoms with Gasteiger partial charge in [-0.2, -0.15) is 0 Å². The predicted octanol–water partition coefficient (Wildman–Crippen LogP) is 5.08. The van der Waals surface area contributed by atoms with Crippen molar-refractivity contribution < 1.29 is 4.79 Å². The summed E-state index contributed by atoms with van der Waals surface area (Å²) in [4.78, 5) is 16.9. The van der Waals surface area contributed by atoms with Crippen molar-refractivity contribution in [2.24, 2.45) is 0 Å². The minimum Gasteiger partial charge on any atom is -0.358 e. The fourth-order valence-corrected chi connectivity index (χ4v) is 4.16. The van der Waals surface area contributed by atoms with Gasteiger partial charge in [-0.05, 0) is 38.7 Å². The van der Waals surface area contributed by atoms with Crippen LogP contribution in [-0.4, -0.2) is 38.5 Å². The zero-order valence-corrected chi connectivity index (χ0v) is 16.1. The minimum absolute atomic E-state index is 0.0484. The van der Waals surface area contributed by atoms with E-state index >= 15 is 0 Å². The van der Waals surface area contributed by atoms with E-state index in [9.17, 15) is 4.79 Å². The van der Waals surface area contributed by atoms with Crippen molar-refractivity contribution in [3.05, 3.63) is 48.0 Å². The summed E-state index contributed by atoms with van der Waals surface area (Å²) in [5.74, 6) is 0. The standard InChI is InChI=1S/C19H26N2OS2/c1-3-20(4-2)19(23)24-18(22)21(17-13-9-6-10-14-17)15-16-11-7-5-8-12-16/h5,7-9,11-13,17H,3-4,6,10,14-15H2,1-2H3. The Kier molecular flexibility index (Phi) is 7.79. The number of hydrogen-bond acceptors (Lipinski definition) is 3. The number of carbonyl (C=O) groups excluding carboxylic acids is 1. The third-order valence-corrected chi connectivity index (χ3v) is 5.61. The van der Waals surface area contributed by atoms with Crippen molar-refractivity contribution in [1.82, 2.24) is 9.80 Å². The SMILES string of the molecule is CCN(CC)C(=S)SC(=O)N(Cc1ccccc1)C1C=CCCC1.